The largest absolute Gasteiger partial charge is 0.507 e. The van der Waals surface area contributed by atoms with E-state index < -0.39 is 17.5 Å². The Kier molecular flexibility index (Phi) is 7.75. The monoisotopic (exact) mass is 447 g/mol. The Hall–Kier alpha value is -2.63. The lowest BCUT2D eigenvalue weighted by molar-refractivity contribution is -0.137. The zero-order valence-electron chi connectivity index (χ0n) is 18.9. The van der Waals surface area contributed by atoms with Gasteiger partial charge in [-0.2, -0.15) is 13.2 Å². The van der Waals surface area contributed by atoms with Crippen LogP contribution in [0, 0.1) is 5.92 Å². The van der Waals surface area contributed by atoms with Gasteiger partial charge in [0.2, 0.25) is 0 Å². The van der Waals surface area contributed by atoms with Crippen LogP contribution < -0.4 is 15.8 Å². The Morgan fingerprint density at radius 2 is 1.81 bits per heavy atom. The molecule has 0 saturated heterocycles. The molecule has 0 bridgehead atoms. The molecular weight excluding hydrogens is 415 g/mol. The van der Waals surface area contributed by atoms with Crippen molar-refractivity contribution >= 4 is 11.5 Å². The van der Waals surface area contributed by atoms with Crippen LogP contribution in [0.5, 0.6) is 5.75 Å². The number of rotatable bonds is 8. The number of benzene rings is 2. The minimum atomic E-state index is -4.51. The zero-order valence-corrected chi connectivity index (χ0v) is 18.9. The normalized spacial score (nSPS) is 15.2. The van der Waals surface area contributed by atoms with E-state index >= 15 is 0 Å². The predicted octanol–water partition coefficient (Wildman–Crippen LogP) is 5.29. The molecule has 1 heterocycles. The van der Waals surface area contributed by atoms with Crippen molar-refractivity contribution in [2.24, 2.45) is 5.92 Å². The van der Waals surface area contributed by atoms with E-state index in [-0.39, 0.29) is 6.10 Å². The van der Waals surface area contributed by atoms with Gasteiger partial charge in [-0.05, 0) is 37.0 Å². The molecule has 2 aromatic rings. The van der Waals surface area contributed by atoms with Crippen LogP contribution in [-0.4, -0.2) is 17.8 Å². The Balaban J connectivity index is 2.11. The number of ether oxygens (including phenoxy) is 1. The van der Waals surface area contributed by atoms with Crippen LogP contribution in [0.1, 0.15) is 64.0 Å². The molecule has 2 aromatic carbocycles. The summed E-state index contributed by atoms with van der Waals surface area (Å²) in [6.07, 6.45) is 0.438. The van der Waals surface area contributed by atoms with Gasteiger partial charge in [0.15, 0.2) is 0 Å². The molecule has 0 radical (unpaired) electrons. The van der Waals surface area contributed by atoms with E-state index in [0.29, 0.717) is 30.1 Å². The number of halogens is 3. The fraction of sp³-hybridized carbons (Fsp3) is 0.462. The van der Waals surface area contributed by atoms with E-state index in [0.717, 1.165) is 54.0 Å². The molecule has 3 rings (SSSR count). The first-order valence-electron chi connectivity index (χ1n) is 11.3. The molecule has 1 unspecified atom stereocenters. The van der Waals surface area contributed by atoms with Gasteiger partial charge in [-0.25, -0.2) is 0 Å². The molecule has 1 aliphatic rings. The van der Waals surface area contributed by atoms with Crippen molar-refractivity contribution in [3.05, 3.63) is 64.0 Å². The van der Waals surface area contributed by atoms with Gasteiger partial charge in [-0.1, -0.05) is 57.9 Å². The van der Waals surface area contributed by atoms with Crippen molar-refractivity contribution in [2.45, 2.75) is 65.2 Å². The number of fused-ring (bicyclic) bond motifs is 1. The van der Waals surface area contributed by atoms with Gasteiger partial charge in [0.05, 0.1) is 17.4 Å². The average Bonchev–Trinajstić information content (AvgIpc) is 2.91. The van der Waals surface area contributed by atoms with Crippen molar-refractivity contribution in [3.63, 3.8) is 0 Å². The number of nitrogens with one attached hydrogen (secondary N) is 1. The Morgan fingerprint density at radius 3 is 2.44 bits per heavy atom. The van der Waals surface area contributed by atoms with Crippen LogP contribution in [0.4, 0.5) is 13.2 Å². The number of alkyl halides is 3. The SMILES string of the molecule is CCCCC(CC(C)C)OC1=c2ccccc2=C(c2ccc(C(F)(F)F)cc2O)NCC1. The molecule has 0 amide bonds. The summed E-state index contributed by atoms with van der Waals surface area (Å²) in [6, 6.07) is 10.8. The van der Waals surface area contributed by atoms with Crippen molar-refractivity contribution < 1.29 is 23.0 Å². The Morgan fingerprint density at radius 1 is 1.09 bits per heavy atom. The molecule has 0 aliphatic carbocycles. The van der Waals surface area contributed by atoms with E-state index in [4.69, 9.17) is 4.74 Å². The third-order valence-electron chi connectivity index (χ3n) is 5.67. The number of unbranched alkanes of at least 4 members (excludes halogenated alkanes) is 1. The fourth-order valence-electron chi connectivity index (χ4n) is 4.14. The van der Waals surface area contributed by atoms with Crippen LogP contribution >= 0.6 is 0 Å². The third kappa shape index (κ3) is 5.78. The summed E-state index contributed by atoms with van der Waals surface area (Å²) >= 11 is 0. The van der Waals surface area contributed by atoms with E-state index in [1.807, 2.05) is 24.3 Å². The van der Waals surface area contributed by atoms with Crippen molar-refractivity contribution in [1.82, 2.24) is 5.32 Å². The summed E-state index contributed by atoms with van der Waals surface area (Å²) in [4.78, 5) is 0. The highest BCUT2D eigenvalue weighted by Crippen LogP contribution is 2.34. The fourth-order valence-corrected chi connectivity index (χ4v) is 4.14. The molecule has 0 saturated carbocycles. The molecule has 174 valence electrons. The first-order valence-corrected chi connectivity index (χ1v) is 11.3. The highest BCUT2D eigenvalue weighted by atomic mass is 19.4. The van der Waals surface area contributed by atoms with Gasteiger partial charge in [0.25, 0.3) is 0 Å². The Labute approximate surface area is 187 Å². The maximum atomic E-state index is 13.0. The first kappa shape index (κ1) is 24.0. The predicted molar refractivity (Wildman–Crippen MR) is 121 cm³/mol. The smallest absolute Gasteiger partial charge is 0.416 e. The van der Waals surface area contributed by atoms with Crippen LogP contribution in [0.3, 0.4) is 0 Å². The van der Waals surface area contributed by atoms with Gasteiger partial charge in [-0.15, -0.1) is 0 Å². The molecule has 2 N–H and O–H groups in total. The first-order chi connectivity index (χ1) is 15.2. The molecule has 0 spiro atoms. The molecule has 32 heavy (non-hydrogen) atoms. The summed E-state index contributed by atoms with van der Waals surface area (Å²) in [5.41, 5.74) is 0.0834. The van der Waals surface area contributed by atoms with Gasteiger partial charge in [0, 0.05) is 29.0 Å². The summed E-state index contributed by atoms with van der Waals surface area (Å²) in [6.45, 7) is 7.11. The maximum absolute atomic E-state index is 13.0. The summed E-state index contributed by atoms with van der Waals surface area (Å²) in [5, 5.41) is 15.5. The number of aromatic hydroxyl groups is 1. The summed E-state index contributed by atoms with van der Waals surface area (Å²) in [7, 11) is 0. The third-order valence-corrected chi connectivity index (χ3v) is 5.67. The maximum Gasteiger partial charge on any atom is 0.416 e. The van der Waals surface area contributed by atoms with Crippen molar-refractivity contribution in [2.75, 3.05) is 6.54 Å². The highest BCUT2D eigenvalue weighted by molar-refractivity contribution is 5.70. The lowest BCUT2D eigenvalue weighted by atomic mass is 10.0. The zero-order chi connectivity index (χ0) is 23.3. The van der Waals surface area contributed by atoms with Crippen molar-refractivity contribution in [1.29, 1.82) is 0 Å². The molecule has 1 atom stereocenters. The quantitative estimate of drug-likeness (QED) is 0.578. The number of hydrogen-bond acceptors (Lipinski definition) is 3. The molecule has 3 nitrogen and oxygen atoms in total. The second-order valence-corrected chi connectivity index (χ2v) is 8.76. The molecule has 0 fully saturated rings. The van der Waals surface area contributed by atoms with Crippen LogP contribution in [0.2, 0.25) is 0 Å². The topological polar surface area (TPSA) is 41.5 Å². The van der Waals surface area contributed by atoms with Crippen LogP contribution in [-0.2, 0) is 10.9 Å². The molecule has 0 aromatic heterocycles. The minimum absolute atomic E-state index is 0.124. The second-order valence-electron chi connectivity index (χ2n) is 8.76. The van der Waals surface area contributed by atoms with Crippen LogP contribution in [0.15, 0.2) is 42.5 Å². The average molecular weight is 448 g/mol. The number of hydrogen-bond donors (Lipinski definition) is 2. The van der Waals surface area contributed by atoms with E-state index in [9.17, 15) is 18.3 Å². The van der Waals surface area contributed by atoms with E-state index in [1.165, 1.54) is 6.07 Å². The lowest BCUT2D eigenvalue weighted by Crippen LogP contribution is -2.32. The molecule has 6 heteroatoms. The van der Waals surface area contributed by atoms with Crippen LogP contribution in [0.25, 0.3) is 11.5 Å². The summed E-state index contributed by atoms with van der Waals surface area (Å²) in [5.74, 6) is 1.00. The highest BCUT2D eigenvalue weighted by Gasteiger charge is 2.31. The van der Waals surface area contributed by atoms with Gasteiger partial charge < -0.3 is 15.2 Å². The molecular formula is C26H32F3NO2. The van der Waals surface area contributed by atoms with E-state index in [2.05, 4.69) is 26.1 Å². The number of phenolic OH excluding ortho intramolecular Hbond substituents is 1. The standard InChI is InChI=1S/C26H32F3NO2/c1-4-5-8-19(15-17(2)3)32-24-13-14-30-25(21-10-7-6-9-20(21)24)22-12-11-18(16-23(22)31)26(27,28)29/h6-7,9-12,16-17,19,30-31H,4-5,8,13-15H2,1-3H3. The van der Waals surface area contributed by atoms with Gasteiger partial charge in [-0.3, -0.25) is 0 Å². The van der Waals surface area contributed by atoms with Gasteiger partial charge >= 0.3 is 6.18 Å². The second kappa shape index (κ2) is 10.3. The van der Waals surface area contributed by atoms with E-state index in [1.54, 1.807) is 0 Å². The number of phenols is 1. The van der Waals surface area contributed by atoms with Crippen molar-refractivity contribution in [3.8, 4) is 5.75 Å². The lowest BCUT2D eigenvalue weighted by Gasteiger charge is -2.22. The van der Waals surface area contributed by atoms with Gasteiger partial charge in [0.1, 0.15) is 11.5 Å². The minimum Gasteiger partial charge on any atom is -0.507 e. The molecule has 1 aliphatic heterocycles. The summed E-state index contributed by atoms with van der Waals surface area (Å²) < 4.78 is 45.7. The Bertz CT molecular complexity index is 1040.